The molecule has 1 aliphatic carbocycles. The lowest BCUT2D eigenvalue weighted by molar-refractivity contribution is -0.123. The Kier molecular flexibility index (Phi) is 7.53. The molecule has 2 fully saturated rings. The number of piperidine rings is 1. The predicted molar refractivity (Wildman–Crippen MR) is 141 cm³/mol. The summed E-state index contributed by atoms with van der Waals surface area (Å²) in [7, 11) is 2.14. The average Bonchev–Trinajstić information content (AvgIpc) is 3.32. The number of H-pyrrole nitrogens is 1. The first-order valence-corrected chi connectivity index (χ1v) is 13.2. The Morgan fingerprint density at radius 1 is 1.03 bits per heavy atom. The molecular weight excluding hydrogens is 476 g/mol. The van der Waals surface area contributed by atoms with Crippen LogP contribution in [0.3, 0.4) is 0 Å². The van der Waals surface area contributed by atoms with Gasteiger partial charge in [-0.3, -0.25) is 9.59 Å². The third-order valence-electron chi connectivity index (χ3n) is 7.58. The minimum Gasteiger partial charge on any atom is -0.367 e. The number of fused-ring (bicyclic) bond motifs is 1. The highest BCUT2D eigenvalue weighted by Crippen LogP contribution is 2.30. The van der Waals surface area contributed by atoms with Crippen LogP contribution in [0.25, 0.3) is 11.0 Å². The second-order valence-electron chi connectivity index (χ2n) is 10.2. The van der Waals surface area contributed by atoms with Gasteiger partial charge in [-0.1, -0.05) is 23.7 Å². The van der Waals surface area contributed by atoms with E-state index in [0.717, 1.165) is 51.6 Å². The van der Waals surface area contributed by atoms with Crippen LogP contribution in [-0.2, 0) is 4.79 Å². The molecule has 1 aliphatic heterocycles. The van der Waals surface area contributed by atoms with E-state index in [4.69, 9.17) is 11.6 Å². The molecule has 0 radical (unpaired) electrons. The van der Waals surface area contributed by atoms with Gasteiger partial charge in [0.05, 0.1) is 16.0 Å². The molecule has 3 aromatic rings. The molecule has 1 saturated carbocycles. The van der Waals surface area contributed by atoms with E-state index in [1.54, 1.807) is 30.5 Å². The van der Waals surface area contributed by atoms with Gasteiger partial charge >= 0.3 is 0 Å². The maximum atomic E-state index is 13.3. The normalized spacial score (nSPS) is 21.4. The fraction of sp³-hybridized carbons (Fsp3) is 0.481. The Balaban J connectivity index is 1.20. The summed E-state index contributed by atoms with van der Waals surface area (Å²) in [5.41, 5.74) is 1.56. The van der Waals surface area contributed by atoms with Gasteiger partial charge in [-0.25, -0.2) is 9.97 Å². The molecule has 1 amide bonds. The van der Waals surface area contributed by atoms with Crippen molar-refractivity contribution in [3.63, 3.8) is 0 Å². The van der Waals surface area contributed by atoms with Crippen molar-refractivity contribution in [3.8, 4) is 0 Å². The van der Waals surface area contributed by atoms with E-state index in [2.05, 4.69) is 37.5 Å². The summed E-state index contributed by atoms with van der Waals surface area (Å²) in [5.74, 6) is 1.17. The number of aromatic amines is 1. The highest BCUT2D eigenvalue weighted by Gasteiger charge is 2.26. The van der Waals surface area contributed by atoms with Crippen molar-refractivity contribution in [2.24, 2.45) is 5.92 Å². The zero-order chi connectivity index (χ0) is 25.1. The average molecular weight is 509 g/mol. The molecule has 9 heteroatoms. The number of rotatable bonds is 7. The highest BCUT2D eigenvalue weighted by molar-refractivity contribution is 6.35. The number of aromatic nitrogens is 3. The SMILES string of the molecule is CN1CCC(CC(=O)NC2CCC(Nc3ncnc4[nH]cc(C(=O)c5ccccc5Cl)c34)CC2)CC1. The van der Waals surface area contributed by atoms with Gasteiger partial charge in [0.25, 0.3) is 0 Å². The number of nitrogens with one attached hydrogen (secondary N) is 3. The molecule has 36 heavy (non-hydrogen) atoms. The summed E-state index contributed by atoms with van der Waals surface area (Å²) >= 11 is 6.28. The Labute approximate surface area is 216 Å². The van der Waals surface area contributed by atoms with E-state index in [1.807, 2.05) is 0 Å². The molecule has 190 valence electrons. The zero-order valence-corrected chi connectivity index (χ0v) is 21.4. The van der Waals surface area contributed by atoms with Gasteiger partial charge < -0.3 is 20.5 Å². The standard InChI is InChI=1S/C27H33ClN6O2/c1-34-12-10-17(11-13-34)14-23(35)32-18-6-8-19(9-7-18)33-27-24-21(15-29-26(24)30-16-31-27)25(36)20-4-2-3-5-22(20)28/h2-5,15-19H,6-14H2,1H3,(H,32,35)(H2,29,30,31,33). The summed E-state index contributed by atoms with van der Waals surface area (Å²) < 4.78 is 0. The van der Waals surface area contributed by atoms with Crippen LogP contribution in [-0.4, -0.2) is 63.8 Å². The molecule has 2 aliphatic rings. The number of hydrogen-bond acceptors (Lipinski definition) is 6. The van der Waals surface area contributed by atoms with Crippen LogP contribution in [0.1, 0.15) is 60.9 Å². The Bertz CT molecular complexity index is 1230. The Morgan fingerprint density at radius 3 is 2.50 bits per heavy atom. The predicted octanol–water partition coefficient (Wildman–Crippen LogP) is 4.41. The van der Waals surface area contributed by atoms with Crippen LogP contribution in [0.4, 0.5) is 5.82 Å². The number of nitrogens with zero attached hydrogens (tertiary/aromatic N) is 3. The number of benzene rings is 1. The lowest BCUT2D eigenvalue weighted by Gasteiger charge is -2.31. The summed E-state index contributed by atoms with van der Waals surface area (Å²) in [5, 5.41) is 7.90. The van der Waals surface area contributed by atoms with Gasteiger partial charge in [0.15, 0.2) is 5.78 Å². The number of carbonyl (C=O) groups excluding carboxylic acids is 2. The van der Waals surface area contributed by atoms with Crippen molar-refractivity contribution >= 4 is 40.1 Å². The van der Waals surface area contributed by atoms with Crippen LogP contribution < -0.4 is 10.6 Å². The number of halogens is 1. The molecule has 2 aromatic heterocycles. The minimum atomic E-state index is -0.166. The zero-order valence-electron chi connectivity index (χ0n) is 20.6. The smallest absolute Gasteiger partial charge is 0.220 e. The number of amides is 1. The summed E-state index contributed by atoms with van der Waals surface area (Å²) in [6.07, 6.45) is 9.70. The second-order valence-corrected chi connectivity index (χ2v) is 10.6. The molecular formula is C27H33ClN6O2. The van der Waals surface area contributed by atoms with Gasteiger partial charge in [0.1, 0.15) is 17.8 Å². The van der Waals surface area contributed by atoms with E-state index in [-0.39, 0.29) is 23.8 Å². The van der Waals surface area contributed by atoms with Gasteiger partial charge in [-0.05, 0) is 76.7 Å². The number of carbonyl (C=O) groups is 2. The van der Waals surface area contributed by atoms with E-state index < -0.39 is 0 Å². The van der Waals surface area contributed by atoms with Crippen molar-refractivity contribution < 1.29 is 9.59 Å². The lowest BCUT2D eigenvalue weighted by Crippen LogP contribution is -2.41. The van der Waals surface area contributed by atoms with E-state index in [9.17, 15) is 9.59 Å². The van der Waals surface area contributed by atoms with Crippen LogP contribution in [0.5, 0.6) is 0 Å². The van der Waals surface area contributed by atoms with Crippen LogP contribution >= 0.6 is 11.6 Å². The van der Waals surface area contributed by atoms with Crippen molar-refractivity contribution in [1.82, 2.24) is 25.2 Å². The Morgan fingerprint density at radius 2 is 1.75 bits per heavy atom. The van der Waals surface area contributed by atoms with Crippen LogP contribution in [0.2, 0.25) is 5.02 Å². The number of ketones is 1. The monoisotopic (exact) mass is 508 g/mol. The minimum absolute atomic E-state index is 0.166. The third-order valence-corrected chi connectivity index (χ3v) is 7.91. The van der Waals surface area contributed by atoms with E-state index in [1.165, 1.54) is 6.33 Å². The van der Waals surface area contributed by atoms with Crippen molar-refractivity contribution in [1.29, 1.82) is 0 Å². The van der Waals surface area contributed by atoms with Crippen LogP contribution in [0, 0.1) is 5.92 Å². The second kappa shape index (κ2) is 11.0. The maximum absolute atomic E-state index is 13.3. The fourth-order valence-electron chi connectivity index (χ4n) is 5.43. The molecule has 0 unspecified atom stereocenters. The molecule has 0 bridgehead atoms. The maximum Gasteiger partial charge on any atom is 0.220 e. The van der Waals surface area contributed by atoms with Gasteiger partial charge in [0, 0.05) is 30.3 Å². The number of anilines is 1. The van der Waals surface area contributed by atoms with E-state index in [0.29, 0.717) is 45.3 Å². The summed E-state index contributed by atoms with van der Waals surface area (Å²) in [6.45, 7) is 2.16. The quantitative estimate of drug-likeness (QED) is 0.408. The largest absolute Gasteiger partial charge is 0.367 e. The molecule has 0 spiro atoms. The fourth-order valence-corrected chi connectivity index (χ4v) is 5.65. The summed E-state index contributed by atoms with van der Waals surface area (Å²) in [4.78, 5) is 40.1. The van der Waals surface area contributed by atoms with Gasteiger partial charge in [-0.15, -0.1) is 0 Å². The van der Waals surface area contributed by atoms with E-state index >= 15 is 0 Å². The van der Waals surface area contributed by atoms with Crippen molar-refractivity contribution in [3.05, 3.63) is 52.9 Å². The van der Waals surface area contributed by atoms with Crippen molar-refractivity contribution in [2.45, 2.75) is 57.0 Å². The molecule has 3 heterocycles. The topological polar surface area (TPSA) is 103 Å². The third kappa shape index (κ3) is 5.55. The Hall–Kier alpha value is -2.97. The molecule has 1 saturated heterocycles. The number of likely N-dealkylation sites (tertiary alicyclic amines) is 1. The van der Waals surface area contributed by atoms with Gasteiger partial charge in [0.2, 0.25) is 5.91 Å². The van der Waals surface area contributed by atoms with Gasteiger partial charge in [-0.2, -0.15) is 0 Å². The molecule has 8 nitrogen and oxygen atoms in total. The first kappa shape index (κ1) is 24.7. The van der Waals surface area contributed by atoms with Crippen molar-refractivity contribution in [2.75, 3.05) is 25.5 Å². The first-order chi connectivity index (χ1) is 17.5. The molecule has 5 rings (SSSR count). The molecule has 0 atom stereocenters. The van der Waals surface area contributed by atoms with Crippen LogP contribution in [0.15, 0.2) is 36.8 Å². The molecule has 1 aromatic carbocycles. The molecule has 3 N–H and O–H groups in total. The number of hydrogen-bond donors (Lipinski definition) is 3. The summed E-state index contributed by atoms with van der Waals surface area (Å²) in [6, 6.07) is 7.47. The highest BCUT2D eigenvalue weighted by atomic mass is 35.5. The first-order valence-electron chi connectivity index (χ1n) is 12.8. The lowest BCUT2D eigenvalue weighted by atomic mass is 9.90.